The van der Waals surface area contributed by atoms with Gasteiger partial charge in [0.05, 0.1) is 38.0 Å². The van der Waals surface area contributed by atoms with Crippen LogP contribution in [0.3, 0.4) is 0 Å². The molecule has 0 atom stereocenters. The lowest BCUT2D eigenvalue weighted by Crippen LogP contribution is -2.38. The Labute approximate surface area is 486 Å². The van der Waals surface area contributed by atoms with Gasteiger partial charge in [-0.1, -0.05) is 182 Å². The first-order valence-electron chi connectivity index (χ1n) is 26.5. The molecule has 8 aromatic carbocycles. The van der Waals surface area contributed by atoms with Crippen molar-refractivity contribution in [2.24, 2.45) is 0 Å². The maximum Gasteiger partial charge on any atom is 0.330 e. The van der Waals surface area contributed by atoms with Gasteiger partial charge in [-0.25, -0.2) is 14.2 Å². The van der Waals surface area contributed by atoms with Crippen molar-refractivity contribution in [3.8, 4) is 22.5 Å². The zero-order valence-electron chi connectivity index (χ0n) is 45.2. The lowest BCUT2D eigenvalue weighted by molar-refractivity contribution is -0.385. The minimum Gasteiger partial charge on any atom is -0.466 e. The first-order chi connectivity index (χ1) is 40.4. The molecule has 0 radical (unpaired) electrons. The van der Waals surface area contributed by atoms with Gasteiger partial charge in [0.15, 0.2) is 0 Å². The van der Waals surface area contributed by atoms with Crippen molar-refractivity contribution in [2.75, 3.05) is 7.11 Å². The zero-order valence-corrected chi connectivity index (χ0v) is 46.7. The number of fused-ring (bicyclic) bond motifs is 2. The number of carbonyl (C=O) groups is 1. The van der Waals surface area contributed by atoms with Crippen LogP contribution in [-0.4, -0.2) is 52.5 Å². The smallest absolute Gasteiger partial charge is 0.330 e. The second-order valence-corrected chi connectivity index (χ2v) is 20.5. The number of halogens is 1. The molecule has 406 valence electrons. The molecule has 0 amide bonds. The van der Waals surface area contributed by atoms with E-state index in [1.54, 1.807) is 36.7 Å². The molecule has 12 aromatic rings. The standard InChI is InChI=1S/C36H28N4O4.C32H23BrN4O2/c1-25-22-27(20-21-37-25)35-31-23-26(18-19-34(41)44-2)32(40(42)43)24-33(31)39(38-35)36(28-12-6-3-7-13-28,29-14-8-4-9-15-29)30-16-10-5-11-17-30;1-22-19-23(17-18-34-22)31-27-20-28(33)30(37(38)39)21-29(27)36(35-31)32(24-11-5-2-6-12-24,25-13-7-3-8-14-25)26-15-9-4-10-16-26/h3-24H,1-2H3;2-21H,1H3/b19-18+;. The number of benzene rings is 8. The Balaban J connectivity index is 0.000000175. The largest absolute Gasteiger partial charge is 0.466 e. The van der Waals surface area contributed by atoms with Crippen molar-refractivity contribution in [3.63, 3.8) is 0 Å². The second kappa shape index (κ2) is 23.3. The van der Waals surface area contributed by atoms with Crippen LogP contribution in [0, 0.1) is 34.1 Å². The van der Waals surface area contributed by atoms with Crippen LogP contribution in [0.25, 0.3) is 50.4 Å². The highest BCUT2D eigenvalue weighted by molar-refractivity contribution is 9.10. The van der Waals surface area contributed by atoms with E-state index >= 15 is 0 Å². The lowest BCUT2D eigenvalue weighted by Gasteiger charge is -2.37. The molecule has 0 spiro atoms. The van der Waals surface area contributed by atoms with Crippen LogP contribution in [0.15, 0.2) is 253 Å². The summed E-state index contributed by atoms with van der Waals surface area (Å²) in [4.78, 5) is 44.5. The minimum atomic E-state index is -1.01. The maximum absolute atomic E-state index is 12.5. The van der Waals surface area contributed by atoms with Crippen LogP contribution in [0.1, 0.15) is 50.3 Å². The molecule has 0 saturated heterocycles. The molecule has 0 fully saturated rings. The van der Waals surface area contributed by atoms with Gasteiger partial charge in [-0.3, -0.25) is 30.2 Å². The van der Waals surface area contributed by atoms with E-state index in [-0.39, 0.29) is 21.9 Å². The summed E-state index contributed by atoms with van der Waals surface area (Å²) < 4.78 is 8.99. The summed E-state index contributed by atoms with van der Waals surface area (Å²) >= 11 is 3.44. The van der Waals surface area contributed by atoms with Gasteiger partial charge in [-0.15, -0.1) is 0 Å². The number of nitrogens with zero attached hydrogens (tertiary/aromatic N) is 8. The van der Waals surface area contributed by atoms with Gasteiger partial charge < -0.3 is 4.74 Å². The summed E-state index contributed by atoms with van der Waals surface area (Å²) in [6.07, 6.45) is 6.06. The molecular formula is C68H51BrN8O6. The number of esters is 1. The number of carbonyl (C=O) groups excluding carboxylic acids is 1. The molecule has 15 heteroatoms. The molecule has 0 saturated carbocycles. The molecule has 14 nitrogen and oxygen atoms in total. The molecule has 0 unspecified atom stereocenters. The number of aryl methyl sites for hydroxylation is 2. The van der Waals surface area contributed by atoms with E-state index < -0.39 is 22.0 Å². The van der Waals surface area contributed by atoms with Crippen LogP contribution in [-0.2, 0) is 20.6 Å². The van der Waals surface area contributed by atoms with Crippen molar-refractivity contribution in [3.05, 3.63) is 324 Å². The number of aromatic nitrogens is 6. The molecule has 0 aliphatic carbocycles. The van der Waals surface area contributed by atoms with E-state index in [9.17, 15) is 25.0 Å². The van der Waals surface area contributed by atoms with Crippen molar-refractivity contribution < 1.29 is 19.4 Å². The molecule has 4 aromatic heterocycles. The van der Waals surface area contributed by atoms with E-state index in [1.807, 2.05) is 193 Å². The molecule has 0 bridgehead atoms. The number of hydrogen-bond donors (Lipinski definition) is 0. The van der Waals surface area contributed by atoms with Crippen LogP contribution in [0.4, 0.5) is 11.4 Å². The quantitative estimate of drug-likeness (QED) is 0.0335. The Kier molecular flexibility index (Phi) is 15.3. The Bertz CT molecular complexity index is 4180. The third kappa shape index (κ3) is 10.1. The Hall–Kier alpha value is -10.5. The predicted octanol–water partition coefficient (Wildman–Crippen LogP) is 15.3. The third-order valence-corrected chi connectivity index (χ3v) is 15.3. The Morgan fingerprint density at radius 3 is 1.16 bits per heavy atom. The summed E-state index contributed by atoms with van der Waals surface area (Å²) in [6.45, 7) is 3.84. The Morgan fingerprint density at radius 1 is 0.494 bits per heavy atom. The first-order valence-corrected chi connectivity index (χ1v) is 27.3. The minimum absolute atomic E-state index is 0.0239. The van der Waals surface area contributed by atoms with Gasteiger partial charge in [-0.2, -0.15) is 10.2 Å². The number of hydrogen-bond acceptors (Lipinski definition) is 10. The van der Waals surface area contributed by atoms with E-state index in [2.05, 4.69) is 62.3 Å². The highest BCUT2D eigenvalue weighted by Gasteiger charge is 2.43. The molecular weight excluding hydrogens is 1100 g/mol. The van der Waals surface area contributed by atoms with Gasteiger partial charge in [0.25, 0.3) is 11.4 Å². The van der Waals surface area contributed by atoms with Crippen molar-refractivity contribution in [2.45, 2.75) is 24.9 Å². The number of nitro groups is 2. The molecule has 0 aliphatic rings. The SMILES string of the molecule is COC(=O)/C=C/c1cc2c(-c3ccnc(C)c3)nn(C(c3ccccc3)(c3ccccc3)c3ccccc3)c2cc1[N+](=O)[O-].Cc1cc(-c2nn(C(c3ccccc3)(c3ccccc3)c3ccccc3)c3cc([N+](=O)[O-])c(Br)cc23)ccn1. The van der Waals surface area contributed by atoms with Gasteiger partial charge in [0.1, 0.15) is 22.5 Å². The summed E-state index contributed by atoms with van der Waals surface area (Å²) in [6, 6.07) is 74.9. The zero-order chi connectivity index (χ0) is 57.7. The van der Waals surface area contributed by atoms with Gasteiger partial charge in [0.2, 0.25) is 0 Å². The maximum atomic E-state index is 12.5. The first kappa shape index (κ1) is 54.4. The molecule has 0 N–H and O–H groups in total. The van der Waals surface area contributed by atoms with Crippen molar-refractivity contribution in [1.29, 1.82) is 0 Å². The number of methoxy groups -OCH3 is 1. The van der Waals surface area contributed by atoms with E-state index in [1.165, 1.54) is 19.3 Å². The normalized spacial score (nSPS) is 11.6. The lowest BCUT2D eigenvalue weighted by atomic mass is 9.77. The Morgan fingerprint density at radius 2 is 0.831 bits per heavy atom. The second-order valence-electron chi connectivity index (χ2n) is 19.6. The molecule has 12 rings (SSSR count). The van der Waals surface area contributed by atoms with Crippen molar-refractivity contribution in [1.82, 2.24) is 29.5 Å². The average molecular weight is 1160 g/mol. The van der Waals surface area contributed by atoms with Crippen LogP contribution < -0.4 is 0 Å². The third-order valence-electron chi connectivity index (χ3n) is 14.7. The number of nitro benzene ring substituents is 2. The predicted molar refractivity (Wildman–Crippen MR) is 327 cm³/mol. The highest BCUT2D eigenvalue weighted by atomic mass is 79.9. The van der Waals surface area contributed by atoms with E-state index in [0.29, 0.717) is 26.6 Å². The van der Waals surface area contributed by atoms with Crippen LogP contribution in [0.5, 0.6) is 0 Å². The fourth-order valence-corrected chi connectivity index (χ4v) is 11.6. The van der Waals surface area contributed by atoms with E-state index in [0.717, 1.165) is 67.0 Å². The average Bonchev–Trinajstić information content (AvgIpc) is 3.94. The molecule has 83 heavy (non-hydrogen) atoms. The van der Waals surface area contributed by atoms with Gasteiger partial charge in [-0.05, 0) is 106 Å². The number of pyridine rings is 2. The molecule has 4 heterocycles. The van der Waals surface area contributed by atoms with E-state index in [4.69, 9.17) is 14.9 Å². The van der Waals surface area contributed by atoms with Crippen LogP contribution >= 0.6 is 15.9 Å². The fourth-order valence-electron chi connectivity index (χ4n) is 11.1. The summed E-state index contributed by atoms with van der Waals surface area (Å²) in [5.74, 6) is -0.615. The van der Waals surface area contributed by atoms with Crippen molar-refractivity contribution >= 4 is 61.2 Å². The van der Waals surface area contributed by atoms with Crippen LogP contribution in [0.2, 0.25) is 0 Å². The summed E-state index contributed by atoms with van der Waals surface area (Å²) in [5, 5.41) is 36.7. The molecule has 0 aliphatic heterocycles. The summed E-state index contributed by atoms with van der Waals surface area (Å²) in [7, 11) is 1.26. The van der Waals surface area contributed by atoms with Gasteiger partial charge in [0, 0.05) is 63.9 Å². The number of rotatable bonds is 14. The fraction of sp³-hybridized carbons (Fsp3) is 0.0735. The van der Waals surface area contributed by atoms with Gasteiger partial charge >= 0.3 is 5.97 Å². The number of ether oxygens (including phenoxy) is 1. The monoisotopic (exact) mass is 1150 g/mol. The topological polar surface area (TPSA) is 174 Å². The highest BCUT2D eigenvalue weighted by Crippen LogP contribution is 2.48. The summed E-state index contributed by atoms with van der Waals surface area (Å²) in [5.41, 5.74) is 9.74.